The lowest BCUT2D eigenvalue weighted by molar-refractivity contribution is 0.327. The van der Waals surface area contributed by atoms with Crippen molar-refractivity contribution in [2.24, 2.45) is 0 Å². The summed E-state index contributed by atoms with van der Waals surface area (Å²) in [4.78, 5) is 3.46. The number of nitriles is 2. The number of rotatable bonds is 4. The van der Waals surface area contributed by atoms with Crippen LogP contribution in [0.3, 0.4) is 0 Å². The van der Waals surface area contributed by atoms with Crippen LogP contribution < -0.4 is 0 Å². The monoisotopic (exact) mass is 366 g/mol. The topological polar surface area (TPSA) is 54.1 Å². The van der Waals surface area contributed by atoms with Crippen molar-refractivity contribution in [2.75, 3.05) is 0 Å². The summed E-state index contributed by atoms with van der Waals surface area (Å²) >= 11 is 12.6. The number of nitrogens with zero attached hydrogens (tertiary/aromatic N) is 4. The highest BCUT2D eigenvalue weighted by Gasteiger charge is 2.28. The number of hydrogen-bond acceptors (Lipinski definition) is 4. The average molecular weight is 367 g/mol. The second-order valence-electron chi connectivity index (χ2n) is 5.47. The lowest BCUT2D eigenvalue weighted by Gasteiger charge is -2.20. The van der Waals surface area contributed by atoms with E-state index < -0.39 is 0 Å². The van der Waals surface area contributed by atoms with Gasteiger partial charge in [-0.1, -0.05) is 47.5 Å². The van der Waals surface area contributed by atoms with Gasteiger partial charge in [-0.05, 0) is 35.4 Å². The predicted molar refractivity (Wildman–Crippen MR) is 95.4 cm³/mol. The van der Waals surface area contributed by atoms with Gasteiger partial charge in [0.05, 0.1) is 23.3 Å². The van der Waals surface area contributed by atoms with E-state index in [1.807, 2.05) is 24.3 Å². The van der Waals surface area contributed by atoms with E-state index in [4.69, 9.17) is 33.7 Å². The molecule has 0 aliphatic carbocycles. The molecule has 3 rings (SSSR count). The Hall–Kier alpha value is -2.66. The van der Waals surface area contributed by atoms with Gasteiger partial charge in [-0.2, -0.15) is 10.5 Å². The van der Waals surface area contributed by atoms with E-state index in [0.717, 1.165) is 11.1 Å². The van der Waals surface area contributed by atoms with Crippen LogP contribution >= 0.6 is 23.2 Å². The first-order valence-corrected chi connectivity index (χ1v) is 8.21. The van der Waals surface area contributed by atoms with Crippen LogP contribution in [0.1, 0.15) is 22.3 Å². The Morgan fingerprint density at radius 2 is 1.08 bits per heavy atom. The molecule has 0 fully saturated rings. The molecule has 25 heavy (non-hydrogen) atoms. The van der Waals surface area contributed by atoms with E-state index in [-0.39, 0.29) is 0 Å². The lowest BCUT2D eigenvalue weighted by atomic mass is 10.1. The van der Waals surface area contributed by atoms with E-state index in [1.54, 1.807) is 34.1 Å². The van der Waals surface area contributed by atoms with Crippen molar-refractivity contribution in [2.45, 2.75) is 13.1 Å². The van der Waals surface area contributed by atoms with Crippen LogP contribution in [-0.4, -0.2) is 9.80 Å². The molecule has 6 heteroatoms. The predicted octanol–water partition coefficient (Wildman–Crippen LogP) is 4.35. The summed E-state index contributed by atoms with van der Waals surface area (Å²) in [5.41, 5.74) is 3.21. The average Bonchev–Trinajstić information content (AvgIpc) is 2.91. The first-order chi connectivity index (χ1) is 12.1. The second-order valence-corrected chi connectivity index (χ2v) is 6.19. The summed E-state index contributed by atoms with van der Waals surface area (Å²) < 4.78 is 0. The highest BCUT2D eigenvalue weighted by molar-refractivity contribution is 6.39. The van der Waals surface area contributed by atoms with Gasteiger partial charge in [0.2, 0.25) is 6.67 Å². The van der Waals surface area contributed by atoms with E-state index >= 15 is 0 Å². The number of hydrogen-bond donors (Lipinski definition) is 0. The van der Waals surface area contributed by atoms with Crippen molar-refractivity contribution in [3.8, 4) is 12.1 Å². The van der Waals surface area contributed by atoms with Crippen LogP contribution in [0.2, 0.25) is 0 Å². The van der Waals surface area contributed by atoms with Crippen molar-refractivity contribution in [3.63, 3.8) is 0 Å². The molecule has 0 unspecified atom stereocenters. The minimum absolute atomic E-state index is 0.402. The van der Waals surface area contributed by atoms with Gasteiger partial charge in [0, 0.05) is 13.1 Å². The number of benzene rings is 2. The number of halogens is 2. The molecule has 122 valence electrons. The zero-order valence-electron chi connectivity index (χ0n) is 13.1. The van der Waals surface area contributed by atoms with Gasteiger partial charge in [-0.25, -0.2) is 0 Å². The Labute approximate surface area is 156 Å². The van der Waals surface area contributed by atoms with Crippen LogP contribution in [0.5, 0.6) is 0 Å². The lowest BCUT2D eigenvalue weighted by Crippen LogP contribution is -2.20. The second kappa shape index (κ2) is 7.49. The molecule has 1 heterocycles. The van der Waals surface area contributed by atoms with Crippen molar-refractivity contribution in [1.29, 1.82) is 10.5 Å². The molecule has 1 aliphatic rings. The Balaban J connectivity index is 1.68. The molecule has 0 saturated heterocycles. The smallest absolute Gasteiger partial charge is 0.210 e. The molecule has 0 atom stereocenters. The minimum Gasteiger partial charge on any atom is -0.325 e. The summed E-state index contributed by atoms with van der Waals surface area (Å²) in [5, 5.41) is 18.5. The molecule has 0 saturated carbocycles. The maximum Gasteiger partial charge on any atom is 0.210 e. The van der Waals surface area contributed by atoms with Crippen LogP contribution in [0.4, 0.5) is 0 Å². The summed E-state index contributed by atoms with van der Waals surface area (Å²) in [6.45, 7) is 4.15. The Morgan fingerprint density at radius 1 is 0.720 bits per heavy atom. The largest absolute Gasteiger partial charge is 0.325 e. The van der Waals surface area contributed by atoms with E-state index in [0.29, 0.717) is 34.5 Å². The SMILES string of the molecule is N#Cc1ccc(CN2[C]N(Cc3ccc(C#N)cc3)C(Cl)=C2Cl)cc1. The molecule has 0 N–H and O–H groups in total. The molecular weight excluding hydrogens is 355 g/mol. The van der Waals surface area contributed by atoms with Crippen molar-refractivity contribution >= 4 is 23.2 Å². The van der Waals surface area contributed by atoms with E-state index in [1.165, 1.54) is 0 Å². The van der Waals surface area contributed by atoms with Crippen LogP contribution in [0.25, 0.3) is 0 Å². The third kappa shape index (κ3) is 3.88. The normalized spacial score (nSPS) is 13.8. The fourth-order valence-corrected chi connectivity index (χ4v) is 2.80. The first kappa shape index (κ1) is 17.2. The van der Waals surface area contributed by atoms with Gasteiger partial charge < -0.3 is 9.80 Å². The maximum atomic E-state index is 8.85. The fourth-order valence-electron chi connectivity index (χ4n) is 2.40. The highest BCUT2D eigenvalue weighted by Crippen LogP contribution is 2.34. The van der Waals surface area contributed by atoms with Gasteiger partial charge >= 0.3 is 0 Å². The Bertz CT molecular complexity index is 800. The molecule has 0 aromatic heterocycles. The zero-order valence-corrected chi connectivity index (χ0v) is 14.6. The van der Waals surface area contributed by atoms with Crippen LogP contribution in [0, 0.1) is 29.3 Å². The molecule has 2 aromatic carbocycles. The van der Waals surface area contributed by atoms with Gasteiger partial charge in [0.15, 0.2) is 0 Å². The first-order valence-electron chi connectivity index (χ1n) is 7.45. The third-order valence-corrected chi connectivity index (χ3v) is 4.60. The zero-order chi connectivity index (χ0) is 17.8. The molecular formula is C19H12Cl2N4. The molecule has 4 nitrogen and oxygen atoms in total. The standard InChI is InChI=1S/C19H12Cl2N4/c20-18-19(21)25(12-17-7-3-15(10-23)4-8-17)13-24(18)11-16-5-1-14(9-22)2-6-16/h1-8H,11-12H2. The molecule has 0 spiro atoms. The van der Waals surface area contributed by atoms with Gasteiger partial charge in [-0.15, -0.1) is 0 Å². The Morgan fingerprint density at radius 3 is 1.40 bits per heavy atom. The van der Waals surface area contributed by atoms with Crippen LogP contribution in [-0.2, 0) is 13.1 Å². The summed E-state index contributed by atoms with van der Waals surface area (Å²) in [5.74, 6) is 0. The van der Waals surface area contributed by atoms with Crippen molar-refractivity contribution in [3.05, 3.63) is 87.8 Å². The molecule has 0 amide bonds. The van der Waals surface area contributed by atoms with Crippen LogP contribution in [0.15, 0.2) is 58.8 Å². The molecule has 0 bridgehead atoms. The summed E-state index contributed by atoms with van der Waals surface area (Å²) in [7, 11) is 0. The van der Waals surface area contributed by atoms with Gasteiger partial charge in [-0.3, -0.25) is 0 Å². The maximum absolute atomic E-state index is 8.85. The Kier molecular flexibility index (Phi) is 5.14. The molecule has 1 aliphatic heterocycles. The van der Waals surface area contributed by atoms with Crippen molar-refractivity contribution < 1.29 is 0 Å². The minimum atomic E-state index is 0.402. The molecule has 2 aromatic rings. The van der Waals surface area contributed by atoms with Gasteiger partial charge in [0.25, 0.3) is 0 Å². The van der Waals surface area contributed by atoms with Gasteiger partial charge in [0.1, 0.15) is 10.3 Å². The highest BCUT2D eigenvalue weighted by atomic mass is 35.5. The quantitative estimate of drug-likeness (QED) is 0.754. The van der Waals surface area contributed by atoms with Crippen molar-refractivity contribution in [1.82, 2.24) is 9.80 Å². The van der Waals surface area contributed by atoms with E-state index in [2.05, 4.69) is 18.8 Å². The van der Waals surface area contributed by atoms with E-state index in [9.17, 15) is 0 Å². The molecule has 2 radical (unpaired) electrons. The summed E-state index contributed by atoms with van der Waals surface area (Å²) in [6, 6.07) is 18.7. The summed E-state index contributed by atoms with van der Waals surface area (Å²) in [6.07, 6.45) is 0. The fraction of sp³-hybridized carbons (Fsp3) is 0.105. The third-order valence-electron chi connectivity index (χ3n) is 3.73.